The van der Waals surface area contributed by atoms with E-state index < -0.39 is 0 Å². The Kier molecular flexibility index (Phi) is 34.5. The predicted molar refractivity (Wildman–Crippen MR) is 173 cm³/mol. The van der Waals surface area contributed by atoms with E-state index in [4.69, 9.17) is 0 Å². The number of hydrogen-bond acceptors (Lipinski definition) is 0. The van der Waals surface area contributed by atoms with Gasteiger partial charge in [-0.25, -0.2) is 0 Å². The molecular formula is C32H82N4O+4. The van der Waals surface area contributed by atoms with Crippen LogP contribution in [-0.2, 0) is 0 Å². The second kappa shape index (κ2) is 27.4. The zero-order valence-corrected chi connectivity index (χ0v) is 29.6. The van der Waals surface area contributed by atoms with Crippen LogP contribution in [0.4, 0.5) is 0 Å². The first kappa shape index (κ1) is 46.6. The lowest BCUT2D eigenvalue weighted by Crippen LogP contribution is -2.47. The Hall–Kier alpha value is -0.200. The van der Waals surface area contributed by atoms with Crippen molar-refractivity contribution in [2.24, 2.45) is 0 Å². The Bertz CT molecular complexity index is 276. The molecular weight excluding hydrogens is 456 g/mol. The highest BCUT2D eigenvalue weighted by molar-refractivity contribution is 4.33. The maximum Gasteiger partial charge on any atom is 0.0757 e. The molecule has 0 saturated carbocycles. The fourth-order valence-corrected chi connectivity index (χ4v) is 5.37. The summed E-state index contributed by atoms with van der Waals surface area (Å²) in [6.07, 6.45) is 0. The molecule has 0 atom stereocenters. The first-order valence-corrected chi connectivity index (χ1v) is 16.4. The molecule has 0 aromatic rings. The predicted octanol–water partition coefficient (Wildman–Crippen LogP) is 6.71. The van der Waals surface area contributed by atoms with Crippen LogP contribution < -0.4 is 0 Å². The molecule has 37 heavy (non-hydrogen) atoms. The summed E-state index contributed by atoms with van der Waals surface area (Å²) in [5.41, 5.74) is 0. The molecule has 0 heterocycles. The van der Waals surface area contributed by atoms with Gasteiger partial charge in [-0.05, 0) is 111 Å². The monoisotopic (exact) mass is 539 g/mol. The highest BCUT2D eigenvalue weighted by Gasteiger charge is 2.18. The number of nitrogens with zero attached hydrogens (tertiary/aromatic N) is 4. The maximum atomic E-state index is 2.27. The molecule has 0 rings (SSSR count). The Morgan fingerprint density at radius 1 is 0.189 bits per heavy atom. The van der Waals surface area contributed by atoms with Gasteiger partial charge < -0.3 is 23.4 Å². The lowest BCUT2D eigenvalue weighted by atomic mass is 10.3. The molecule has 0 saturated heterocycles. The van der Waals surface area contributed by atoms with Crippen molar-refractivity contribution in [2.75, 3.05) is 105 Å². The zero-order chi connectivity index (χ0) is 29.3. The topological polar surface area (TPSA) is 31.5 Å². The van der Waals surface area contributed by atoms with Crippen LogP contribution >= 0.6 is 0 Å². The van der Waals surface area contributed by atoms with Gasteiger partial charge in [-0.3, -0.25) is 0 Å². The van der Waals surface area contributed by atoms with E-state index in [0.717, 1.165) is 0 Å². The van der Waals surface area contributed by atoms with Gasteiger partial charge in [0, 0.05) is 0 Å². The average Bonchev–Trinajstić information content (AvgIpc) is 2.96. The summed E-state index contributed by atoms with van der Waals surface area (Å²) >= 11 is 0. The van der Waals surface area contributed by atoms with E-state index in [0.29, 0.717) is 0 Å². The van der Waals surface area contributed by atoms with Gasteiger partial charge >= 0.3 is 0 Å². The SMILES string of the molecule is CC[N+](CC)(CC)CC.CC[N+](CC)(CC)CC.CC[N+](CC)(CC)CC.CC[N+](CC)(CC)CC.O. The second-order valence-electron chi connectivity index (χ2n) is 10.4. The normalized spacial score (nSPS) is 11.7. The van der Waals surface area contributed by atoms with E-state index in [1.165, 1.54) is 123 Å². The lowest BCUT2D eigenvalue weighted by Gasteiger charge is -2.34. The van der Waals surface area contributed by atoms with E-state index in [9.17, 15) is 0 Å². The average molecular weight is 539 g/mol. The molecule has 0 aliphatic rings. The molecule has 0 amide bonds. The fraction of sp³-hybridized carbons (Fsp3) is 1.00. The molecule has 0 unspecified atom stereocenters. The van der Waals surface area contributed by atoms with Crippen molar-refractivity contribution in [3.63, 3.8) is 0 Å². The van der Waals surface area contributed by atoms with Crippen LogP contribution in [-0.4, -0.2) is 128 Å². The van der Waals surface area contributed by atoms with Crippen molar-refractivity contribution in [2.45, 2.75) is 111 Å². The van der Waals surface area contributed by atoms with Gasteiger partial charge in [0.15, 0.2) is 0 Å². The molecule has 0 aliphatic heterocycles. The summed E-state index contributed by atoms with van der Waals surface area (Å²) < 4.78 is 5.11. The highest BCUT2D eigenvalue weighted by Crippen LogP contribution is 2.05. The summed E-state index contributed by atoms with van der Waals surface area (Å²) in [6.45, 7) is 56.9. The molecule has 0 fully saturated rings. The minimum absolute atomic E-state index is 0. The van der Waals surface area contributed by atoms with E-state index in [1.807, 2.05) is 0 Å². The van der Waals surface area contributed by atoms with Crippen LogP contribution in [0.25, 0.3) is 0 Å². The zero-order valence-electron chi connectivity index (χ0n) is 29.6. The molecule has 232 valence electrons. The molecule has 5 nitrogen and oxygen atoms in total. The van der Waals surface area contributed by atoms with E-state index in [1.54, 1.807) is 0 Å². The number of quaternary nitrogens is 4. The van der Waals surface area contributed by atoms with Crippen molar-refractivity contribution in [3.8, 4) is 0 Å². The second-order valence-corrected chi connectivity index (χ2v) is 10.4. The summed E-state index contributed by atoms with van der Waals surface area (Å²) in [5, 5.41) is 0. The van der Waals surface area contributed by atoms with Gasteiger partial charge in [-0.1, -0.05) is 0 Å². The van der Waals surface area contributed by atoms with Gasteiger partial charge in [0.2, 0.25) is 0 Å². The van der Waals surface area contributed by atoms with Gasteiger partial charge in [0.05, 0.1) is 105 Å². The molecule has 0 aromatic carbocycles. The van der Waals surface area contributed by atoms with Gasteiger partial charge in [0.1, 0.15) is 0 Å². The summed E-state index contributed by atoms with van der Waals surface area (Å²) in [4.78, 5) is 0. The summed E-state index contributed by atoms with van der Waals surface area (Å²) in [6, 6.07) is 0. The molecule has 0 spiro atoms. The molecule has 2 N–H and O–H groups in total. The molecule has 0 radical (unpaired) electrons. The Morgan fingerprint density at radius 2 is 0.243 bits per heavy atom. The van der Waals surface area contributed by atoms with Crippen LogP contribution in [0.1, 0.15) is 111 Å². The summed E-state index contributed by atoms with van der Waals surface area (Å²) in [7, 11) is 0. The molecule has 0 aliphatic carbocycles. The van der Waals surface area contributed by atoms with Crippen LogP contribution in [0.2, 0.25) is 0 Å². The molecule has 0 aromatic heterocycles. The number of hydrogen-bond donors (Lipinski definition) is 0. The Balaban J connectivity index is -0.000000122. The molecule has 5 heteroatoms. The third-order valence-corrected chi connectivity index (χ3v) is 10.7. The summed E-state index contributed by atoms with van der Waals surface area (Å²) in [5.74, 6) is 0. The first-order valence-electron chi connectivity index (χ1n) is 16.4. The smallest absolute Gasteiger partial charge is 0.0757 e. The minimum Gasteiger partial charge on any atom is -0.412 e. The van der Waals surface area contributed by atoms with Crippen molar-refractivity contribution in [1.82, 2.24) is 0 Å². The fourth-order valence-electron chi connectivity index (χ4n) is 5.37. The van der Waals surface area contributed by atoms with Gasteiger partial charge in [-0.2, -0.15) is 0 Å². The largest absolute Gasteiger partial charge is 0.412 e. The van der Waals surface area contributed by atoms with Gasteiger partial charge in [-0.15, -0.1) is 0 Å². The number of rotatable bonds is 16. The van der Waals surface area contributed by atoms with Crippen molar-refractivity contribution >= 4 is 0 Å². The Labute approximate surface area is 238 Å². The van der Waals surface area contributed by atoms with Crippen molar-refractivity contribution < 1.29 is 23.4 Å². The van der Waals surface area contributed by atoms with Crippen molar-refractivity contribution in [3.05, 3.63) is 0 Å². The minimum atomic E-state index is 0. The quantitative estimate of drug-likeness (QED) is 0.196. The lowest BCUT2D eigenvalue weighted by molar-refractivity contribution is -0.921. The third-order valence-electron chi connectivity index (χ3n) is 10.7. The standard InChI is InChI=1S/4C8H20N.H2O/c4*1-5-9(6-2,7-3)8-4;/h4*5-8H2,1-4H3;1H2/q4*+1;. The molecule has 0 bridgehead atoms. The first-order chi connectivity index (χ1) is 17.0. The van der Waals surface area contributed by atoms with E-state index in [-0.39, 0.29) is 5.48 Å². The van der Waals surface area contributed by atoms with Crippen LogP contribution in [0.3, 0.4) is 0 Å². The maximum absolute atomic E-state index is 2.27. The van der Waals surface area contributed by atoms with Crippen LogP contribution in [0.15, 0.2) is 0 Å². The van der Waals surface area contributed by atoms with Crippen LogP contribution in [0, 0.1) is 0 Å². The van der Waals surface area contributed by atoms with E-state index >= 15 is 0 Å². The van der Waals surface area contributed by atoms with Crippen LogP contribution in [0.5, 0.6) is 0 Å². The highest BCUT2D eigenvalue weighted by atomic mass is 16.0. The van der Waals surface area contributed by atoms with Gasteiger partial charge in [0.25, 0.3) is 0 Å². The van der Waals surface area contributed by atoms with Crippen molar-refractivity contribution in [1.29, 1.82) is 0 Å². The van der Waals surface area contributed by atoms with E-state index in [2.05, 4.69) is 111 Å². The Morgan fingerprint density at radius 3 is 0.243 bits per heavy atom. The third kappa shape index (κ3) is 17.9.